The van der Waals surface area contributed by atoms with Crippen molar-refractivity contribution in [2.24, 2.45) is 5.10 Å². The lowest BCUT2D eigenvalue weighted by Gasteiger charge is -2.09. The van der Waals surface area contributed by atoms with Crippen molar-refractivity contribution >= 4 is 46.1 Å². The summed E-state index contributed by atoms with van der Waals surface area (Å²) >= 11 is 11.8. The van der Waals surface area contributed by atoms with Gasteiger partial charge < -0.3 is 4.74 Å². The standard InChI is InChI=1S/C19H14Cl2N2O2/c1-25-18-10-14-5-3-2-4-13(14)9-15(18)19(24)23-22-11-12-6-7-16(20)17(21)8-12/h2-11H,1H3,(H,23,24). The van der Waals surface area contributed by atoms with Gasteiger partial charge >= 0.3 is 0 Å². The van der Waals surface area contributed by atoms with Crippen LogP contribution in [-0.4, -0.2) is 19.2 Å². The van der Waals surface area contributed by atoms with Crippen molar-refractivity contribution in [2.75, 3.05) is 7.11 Å². The molecule has 3 aromatic carbocycles. The maximum absolute atomic E-state index is 12.4. The van der Waals surface area contributed by atoms with E-state index in [1.54, 1.807) is 24.3 Å². The van der Waals surface area contributed by atoms with E-state index in [1.165, 1.54) is 13.3 Å². The minimum absolute atomic E-state index is 0.362. The lowest BCUT2D eigenvalue weighted by molar-refractivity contribution is 0.0952. The van der Waals surface area contributed by atoms with Gasteiger partial charge in [-0.1, -0.05) is 53.5 Å². The molecule has 0 heterocycles. The molecule has 0 unspecified atom stereocenters. The van der Waals surface area contributed by atoms with E-state index < -0.39 is 0 Å². The van der Waals surface area contributed by atoms with Gasteiger partial charge in [-0.15, -0.1) is 0 Å². The summed E-state index contributed by atoms with van der Waals surface area (Å²) in [5.41, 5.74) is 3.63. The minimum atomic E-state index is -0.362. The van der Waals surface area contributed by atoms with Crippen LogP contribution >= 0.6 is 23.2 Å². The quantitative estimate of drug-likeness (QED) is 0.521. The third-order valence-corrected chi connectivity index (χ3v) is 4.37. The average Bonchev–Trinajstić information content (AvgIpc) is 2.63. The molecular formula is C19H14Cl2N2O2. The number of ether oxygens (including phenoxy) is 1. The van der Waals surface area contributed by atoms with Crippen molar-refractivity contribution in [3.63, 3.8) is 0 Å². The first-order chi connectivity index (χ1) is 12.1. The van der Waals surface area contributed by atoms with Gasteiger partial charge in [0, 0.05) is 0 Å². The number of fused-ring (bicyclic) bond motifs is 1. The van der Waals surface area contributed by atoms with Gasteiger partial charge in [-0.2, -0.15) is 5.10 Å². The number of amides is 1. The topological polar surface area (TPSA) is 50.7 Å². The van der Waals surface area contributed by atoms with Crippen molar-refractivity contribution < 1.29 is 9.53 Å². The van der Waals surface area contributed by atoms with Crippen LogP contribution in [0.2, 0.25) is 10.0 Å². The molecule has 0 spiro atoms. The van der Waals surface area contributed by atoms with E-state index in [4.69, 9.17) is 27.9 Å². The van der Waals surface area contributed by atoms with Crippen LogP contribution in [0.5, 0.6) is 5.75 Å². The van der Waals surface area contributed by atoms with Gasteiger partial charge in [-0.05, 0) is 40.6 Å². The number of hydrogen-bond donors (Lipinski definition) is 1. The zero-order valence-electron chi connectivity index (χ0n) is 13.3. The number of halogens is 2. The fourth-order valence-electron chi connectivity index (χ4n) is 2.38. The maximum atomic E-state index is 12.4. The number of nitrogens with one attached hydrogen (secondary N) is 1. The van der Waals surface area contributed by atoms with Crippen LogP contribution in [0.15, 0.2) is 59.7 Å². The lowest BCUT2D eigenvalue weighted by Crippen LogP contribution is -2.18. The first-order valence-corrected chi connectivity index (χ1v) is 8.19. The summed E-state index contributed by atoms with van der Waals surface area (Å²) in [5.74, 6) is 0.125. The highest BCUT2D eigenvalue weighted by Crippen LogP contribution is 2.26. The third-order valence-electron chi connectivity index (χ3n) is 3.64. The molecule has 0 aliphatic rings. The number of rotatable bonds is 4. The van der Waals surface area contributed by atoms with Crippen LogP contribution in [0.1, 0.15) is 15.9 Å². The molecular weight excluding hydrogens is 359 g/mol. The van der Waals surface area contributed by atoms with Gasteiger partial charge in [0.15, 0.2) is 0 Å². The minimum Gasteiger partial charge on any atom is -0.496 e. The summed E-state index contributed by atoms with van der Waals surface area (Å²) in [7, 11) is 1.53. The molecule has 3 aromatic rings. The van der Waals surface area contributed by atoms with E-state index in [0.717, 1.165) is 16.3 Å². The molecule has 0 aliphatic heterocycles. The molecule has 0 radical (unpaired) electrons. The number of benzene rings is 3. The highest BCUT2D eigenvalue weighted by molar-refractivity contribution is 6.42. The van der Waals surface area contributed by atoms with E-state index in [1.807, 2.05) is 30.3 Å². The van der Waals surface area contributed by atoms with E-state index in [-0.39, 0.29) is 5.91 Å². The monoisotopic (exact) mass is 372 g/mol. The Labute approximate surface area is 155 Å². The second-order valence-corrected chi connectivity index (χ2v) is 6.09. The highest BCUT2D eigenvalue weighted by Gasteiger charge is 2.13. The van der Waals surface area contributed by atoms with E-state index in [9.17, 15) is 4.79 Å². The third kappa shape index (κ3) is 3.92. The Morgan fingerprint density at radius 1 is 1.04 bits per heavy atom. The summed E-state index contributed by atoms with van der Waals surface area (Å²) in [6.45, 7) is 0. The Balaban J connectivity index is 1.81. The Hall–Kier alpha value is -2.56. The maximum Gasteiger partial charge on any atom is 0.275 e. The van der Waals surface area contributed by atoms with Gasteiger partial charge in [0.05, 0.1) is 28.9 Å². The predicted molar refractivity (Wildman–Crippen MR) is 102 cm³/mol. The smallest absolute Gasteiger partial charge is 0.275 e. The molecule has 1 amide bonds. The van der Waals surface area contributed by atoms with Crippen LogP contribution in [-0.2, 0) is 0 Å². The first-order valence-electron chi connectivity index (χ1n) is 7.44. The molecule has 0 fully saturated rings. The zero-order valence-corrected chi connectivity index (χ0v) is 14.8. The van der Waals surface area contributed by atoms with Crippen molar-refractivity contribution in [3.05, 3.63) is 75.8 Å². The highest BCUT2D eigenvalue weighted by atomic mass is 35.5. The van der Waals surface area contributed by atoms with Gasteiger partial charge in [0.2, 0.25) is 0 Å². The van der Waals surface area contributed by atoms with Gasteiger partial charge in [0.1, 0.15) is 5.75 Å². The van der Waals surface area contributed by atoms with Crippen molar-refractivity contribution in [1.29, 1.82) is 0 Å². The molecule has 0 atom stereocenters. The molecule has 1 N–H and O–H groups in total. The van der Waals surface area contributed by atoms with Crippen molar-refractivity contribution in [1.82, 2.24) is 5.43 Å². The molecule has 3 rings (SSSR count). The second-order valence-electron chi connectivity index (χ2n) is 5.27. The summed E-state index contributed by atoms with van der Waals surface area (Å²) in [5, 5.41) is 6.79. The Kier molecular flexibility index (Phi) is 5.22. The van der Waals surface area contributed by atoms with Crippen LogP contribution in [0.25, 0.3) is 10.8 Å². The average molecular weight is 373 g/mol. The number of carbonyl (C=O) groups is 1. The van der Waals surface area contributed by atoms with Crippen molar-refractivity contribution in [2.45, 2.75) is 0 Å². The predicted octanol–water partition coefficient (Wildman–Crippen LogP) is 4.92. The summed E-state index contributed by atoms with van der Waals surface area (Å²) in [4.78, 5) is 12.4. The van der Waals surface area contributed by atoms with Crippen molar-refractivity contribution in [3.8, 4) is 5.75 Å². The summed E-state index contributed by atoms with van der Waals surface area (Å²) in [6.07, 6.45) is 1.49. The molecule has 0 aromatic heterocycles. The number of nitrogens with zero attached hydrogens (tertiary/aromatic N) is 1. The van der Waals surface area contributed by atoms with Gasteiger partial charge in [-0.3, -0.25) is 4.79 Å². The normalized spacial score (nSPS) is 11.0. The largest absolute Gasteiger partial charge is 0.496 e. The van der Waals surface area contributed by atoms with Crippen LogP contribution in [0, 0.1) is 0 Å². The number of methoxy groups -OCH3 is 1. The van der Waals surface area contributed by atoms with E-state index in [0.29, 0.717) is 21.4 Å². The number of hydrogen-bond acceptors (Lipinski definition) is 3. The zero-order chi connectivity index (χ0) is 17.8. The fourth-order valence-corrected chi connectivity index (χ4v) is 2.69. The SMILES string of the molecule is COc1cc2ccccc2cc1C(=O)NN=Cc1ccc(Cl)c(Cl)c1. The Bertz CT molecular complexity index is 971. The molecule has 0 saturated heterocycles. The molecule has 4 nitrogen and oxygen atoms in total. The van der Waals surface area contributed by atoms with Gasteiger partial charge in [0.25, 0.3) is 5.91 Å². The van der Waals surface area contributed by atoms with E-state index in [2.05, 4.69) is 10.5 Å². The van der Waals surface area contributed by atoms with Crippen LogP contribution in [0.4, 0.5) is 0 Å². The summed E-state index contributed by atoms with van der Waals surface area (Å²) < 4.78 is 5.32. The summed E-state index contributed by atoms with van der Waals surface area (Å²) in [6, 6.07) is 16.4. The molecule has 0 aliphatic carbocycles. The molecule has 6 heteroatoms. The molecule has 126 valence electrons. The molecule has 0 saturated carbocycles. The Morgan fingerprint density at radius 3 is 2.44 bits per heavy atom. The van der Waals surface area contributed by atoms with Crippen LogP contribution in [0.3, 0.4) is 0 Å². The fraction of sp³-hybridized carbons (Fsp3) is 0.0526. The Morgan fingerprint density at radius 2 is 1.76 bits per heavy atom. The molecule has 0 bridgehead atoms. The lowest BCUT2D eigenvalue weighted by atomic mass is 10.1. The second kappa shape index (κ2) is 7.55. The number of carbonyl (C=O) groups excluding carboxylic acids is 1. The first kappa shape index (κ1) is 17.3. The van der Waals surface area contributed by atoms with E-state index >= 15 is 0 Å². The molecule has 25 heavy (non-hydrogen) atoms. The number of hydrazone groups is 1. The van der Waals surface area contributed by atoms with Gasteiger partial charge in [-0.25, -0.2) is 5.43 Å². The van der Waals surface area contributed by atoms with Crippen LogP contribution < -0.4 is 10.2 Å².